The number of carbonyl (C=O) groups excluding carboxylic acids is 1. The summed E-state index contributed by atoms with van der Waals surface area (Å²) in [4.78, 5) is 23.3. The van der Waals surface area contributed by atoms with Crippen molar-refractivity contribution in [3.05, 3.63) is 12.2 Å². The molecule has 1 rings (SSSR count). The van der Waals surface area contributed by atoms with Crippen LogP contribution in [0.3, 0.4) is 0 Å². The maximum atomic E-state index is 12.9. The molecule has 0 heterocycles. The highest BCUT2D eigenvalue weighted by molar-refractivity contribution is 7.47. The Kier molecular flexibility index (Phi) is 31.2. The second kappa shape index (κ2) is 33.0. The van der Waals surface area contributed by atoms with Gasteiger partial charge in [-0.1, -0.05) is 180 Å². The van der Waals surface area contributed by atoms with Crippen LogP contribution in [0, 0.1) is 0 Å². The zero-order valence-corrected chi connectivity index (χ0v) is 35.4. The third-order valence-corrected chi connectivity index (χ3v) is 11.8. The number of unbranched alkanes of at least 4 members (excludes halogenated alkanes) is 25. The van der Waals surface area contributed by atoms with E-state index in [0.717, 1.165) is 44.9 Å². The van der Waals surface area contributed by atoms with Crippen LogP contribution in [0.4, 0.5) is 0 Å². The summed E-state index contributed by atoms with van der Waals surface area (Å²) in [6.45, 7) is 3.82. The largest absolute Gasteiger partial charge is 0.472 e. The van der Waals surface area contributed by atoms with E-state index in [1.54, 1.807) is 0 Å². The van der Waals surface area contributed by atoms with Gasteiger partial charge in [0.25, 0.3) is 0 Å². The highest BCUT2D eigenvalue weighted by atomic mass is 31.2. The predicted molar refractivity (Wildman–Crippen MR) is 218 cm³/mol. The Labute approximate surface area is 333 Å². The van der Waals surface area contributed by atoms with Crippen LogP contribution in [0.2, 0.25) is 0 Å². The van der Waals surface area contributed by atoms with Gasteiger partial charge in [-0.2, -0.15) is 0 Å². The van der Waals surface area contributed by atoms with Gasteiger partial charge in [0.2, 0.25) is 5.91 Å². The van der Waals surface area contributed by atoms with Gasteiger partial charge in [0.05, 0.1) is 18.8 Å². The first-order valence-corrected chi connectivity index (χ1v) is 23.6. The first kappa shape index (κ1) is 52.1. The molecule has 0 aromatic rings. The van der Waals surface area contributed by atoms with Crippen molar-refractivity contribution < 1.29 is 53.9 Å². The quantitative estimate of drug-likeness (QED) is 0.0175. The number of aliphatic hydroxyl groups is 6. The average Bonchev–Trinajstić information content (AvgIpc) is 3.16. The number of carbonyl (C=O) groups is 1. The molecule has 9 atom stereocenters. The fourth-order valence-corrected chi connectivity index (χ4v) is 8.10. The van der Waals surface area contributed by atoms with E-state index in [0.29, 0.717) is 6.42 Å². The van der Waals surface area contributed by atoms with Crippen molar-refractivity contribution in [1.82, 2.24) is 5.32 Å². The number of rotatable bonds is 36. The van der Waals surface area contributed by atoms with E-state index in [1.165, 1.54) is 128 Å². The lowest BCUT2D eigenvalue weighted by Gasteiger charge is -2.41. The molecule has 0 aromatic heterocycles. The topological polar surface area (TPSA) is 206 Å². The van der Waals surface area contributed by atoms with Crippen LogP contribution in [-0.4, -0.2) is 96.8 Å². The lowest BCUT2D eigenvalue weighted by molar-refractivity contribution is -0.220. The molecule has 1 amide bonds. The standard InChI is InChI=1S/C42H82NO11P/c1-3-5-7-9-11-13-15-17-18-19-20-22-24-26-28-30-32-36(45)43-34(35(44)31-29-27-25-23-21-16-14-12-10-8-6-4-2)33-53-55(51,52)54-42-40(49)38(47)37(46)39(48)41(42)50/h29,31,34-35,37-42,44,46-50H,3-28,30,32-33H2,1-2H3,(H,43,45)(H,51,52)/b31-29+/t34-,35+,37?,38+,39?,40?,41?,42?/m0/s1. The molecular weight excluding hydrogens is 725 g/mol. The first-order valence-electron chi connectivity index (χ1n) is 22.1. The molecule has 0 radical (unpaired) electrons. The monoisotopic (exact) mass is 808 g/mol. The molecule has 0 bridgehead atoms. The highest BCUT2D eigenvalue weighted by Crippen LogP contribution is 2.47. The van der Waals surface area contributed by atoms with E-state index in [-0.39, 0.29) is 12.3 Å². The molecule has 0 spiro atoms. The summed E-state index contributed by atoms with van der Waals surface area (Å²) in [6.07, 6.45) is 22.9. The summed E-state index contributed by atoms with van der Waals surface area (Å²) in [5, 5.41) is 63.8. The molecular formula is C42H82NO11P. The van der Waals surface area contributed by atoms with Crippen LogP contribution in [-0.2, 0) is 18.4 Å². The zero-order valence-electron chi connectivity index (χ0n) is 34.5. The lowest BCUT2D eigenvalue weighted by atomic mass is 9.85. The third kappa shape index (κ3) is 25.2. The molecule has 12 nitrogen and oxygen atoms in total. The Morgan fingerprint density at radius 1 is 0.600 bits per heavy atom. The number of nitrogens with one attached hydrogen (secondary N) is 1. The van der Waals surface area contributed by atoms with E-state index in [1.807, 2.05) is 6.08 Å². The minimum absolute atomic E-state index is 0.218. The molecule has 6 unspecified atom stereocenters. The van der Waals surface area contributed by atoms with Crippen LogP contribution >= 0.6 is 7.82 Å². The second-order valence-electron chi connectivity index (χ2n) is 15.9. The fraction of sp³-hybridized carbons (Fsp3) is 0.929. The highest BCUT2D eigenvalue weighted by Gasteiger charge is 2.51. The molecule has 326 valence electrons. The molecule has 55 heavy (non-hydrogen) atoms. The first-order chi connectivity index (χ1) is 26.4. The molecule has 0 aliphatic heterocycles. The van der Waals surface area contributed by atoms with Crippen molar-refractivity contribution in [1.29, 1.82) is 0 Å². The fourth-order valence-electron chi connectivity index (χ4n) is 7.14. The molecule has 0 saturated heterocycles. The van der Waals surface area contributed by atoms with Gasteiger partial charge in [-0.25, -0.2) is 4.57 Å². The van der Waals surface area contributed by atoms with E-state index in [4.69, 9.17) is 9.05 Å². The summed E-state index contributed by atoms with van der Waals surface area (Å²) in [7, 11) is -5.07. The summed E-state index contributed by atoms with van der Waals surface area (Å²) in [5.74, 6) is -0.340. The number of amides is 1. The summed E-state index contributed by atoms with van der Waals surface area (Å²) in [5.41, 5.74) is 0. The molecule has 1 saturated carbocycles. The Hall–Kier alpha value is -0.920. The maximum absolute atomic E-state index is 12.9. The van der Waals surface area contributed by atoms with Gasteiger partial charge in [0.15, 0.2) is 0 Å². The van der Waals surface area contributed by atoms with Gasteiger partial charge in [0.1, 0.15) is 36.6 Å². The van der Waals surface area contributed by atoms with Gasteiger partial charge in [-0.05, 0) is 19.3 Å². The van der Waals surface area contributed by atoms with Crippen LogP contribution in [0.1, 0.15) is 194 Å². The van der Waals surface area contributed by atoms with Crippen LogP contribution in [0.25, 0.3) is 0 Å². The van der Waals surface area contributed by atoms with Gasteiger partial charge in [0, 0.05) is 6.42 Å². The average molecular weight is 808 g/mol. The number of hydrogen-bond donors (Lipinski definition) is 8. The van der Waals surface area contributed by atoms with E-state index in [9.17, 15) is 44.9 Å². The summed E-state index contributed by atoms with van der Waals surface area (Å²) >= 11 is 0. The van der Waals surface area contributed by atoms with Crippen molar-refractivity contribution in [3.8, 4) is 0 Å². The molecule has 1 aliphatic rings. The van der Waals surface area contributed by atoms with E-state index < -0.39 is 63.2 Å². The Bertz CT molecular complexity index is 989. The number of aliphatic hydroxyl groups excluding tert-OH is 6. The van der Waals surface area contributed by atoms with Crippen molar-refractivity contribution >= 4 is 13.7 Å². The zero-order chi connectivity index (χ0) is 40.7. The van der Waals surface area contributed by atoms with Crippen LogP contribution in [0.5, 0.6) is 0 Å². The minimum atomic E-state index is -5.07. The molecule has 13 heteroatoms. The van der Waals surface area contributed by atoms with Gasteiger partial charge < -0.3 is 40.8 Å². The number of allylic oxidation sites excluding steroid dienone is 1. The van der Waals surface area contributed by atoms with E-state index >= 15 is 0 Å². The van der Waals surface area contributed by atoms with Crippen molar-refractivity contribution in [3.63, 3.8) is 0 Å². The van der Waals surface area contributed by atoms with Crippen LogP contribution in [0.15, 0.2) is 12.2 Å². The Balaban J connectivity index is 2.51. The smallest absolute Gasteiger partial charge is 0.387 e. The number of hydrogen-bond acceptors (Lipinski definition) is 10. The van der Waals surface area contributed by atoms with Gasteiger partial charge >= 0.3 is 7.82 Å². The number of phosphoric acid groups is 1. The Morgan fingerprint density at radius 2 is 0.964 bits per heavy atom. The normalized spacial score (nSPS) is 23.9. The molecule has 1 fully saturated rings. The molecule has 1 aliphatic carbocycles. The van der Waals surface area contributed by atoms with Crippen molar-refractivity contribution in [2.75, 3.05) is 6.61 Å². The van der Waals surface area contributed by atoms with E-state index in [2.05, 4.69) is 19.2 Å². The minimum Gasteiger partial charge on any atom is -0.387 e. The molecule has 0 aromatic carbocycles. The maximum Gasteiger partial charge on any atom is 0.472 e. The molecule has 8 N–H and O–H groups in total. The van der Waals surface area contributed by atoms with Gasteiger partial charge in [-0.15, -0.1) is 0 Å². The number of phosphoric ester groups is 1. The predicted octanol–water partition coefficient (Wildman–Crippen LogP) is 7.67. The SMILES string of the molecule is CCCCCCCCCCCC/C=C/[C@@H](O)[C@H](COP(=O)(O)OC1C(O)C(O)C(O)[C@@H](O)C1O)NC(=O)CCCCCCCCCCCCCCCCCC. The third-order valence-electron chi connectivity index (χ3n) is 10.8. The lowest BCUT2D eigenvalue weighted by Crippen LogP contribution is -2.64. The van der Waals surface area contributed by atoms with Crippen LogP contribution < -0.4 is 5.32 Å². The summed E-state index contributed by atoms with van der Waals surface area (Å²) < 4.78 is 22.8. The van der Waals surface area contributed by atoms with Crippen molar-refractivity contribution in [2.24, 2.45) is 0 Å². The second-order valence-corrected chi connectivity index (χ2v) is 17.3. The van der Waals surface area contributed by atoms with Crippen molar-refractivity contribution in [2.45, 2.75) is 242 Å². The Morgan fingerprint density at radius 3 is 1.38 bits per heavy atom. The summed E-state index contributed by atoms with van der Waals surface area (Å²) in [6, 6.07) is -1.11. The van der Waals surface area contributed by atoms with Gasteiger partial charge in [-0.3, -0.25) is 13.8 Å².